The van der Waals surface area contributed by atoms with E-state index in [9.17, 15) is 0 Å². The van der Waals surface area contributed by atoms with Gasteiger partial charge in [-0.2, -0.15) is 0 Å². The van der Waals surface area contributed by atoms with E-state index in [0.717, 1.165) is 21.5 Å². The van der Waals surface area contributed by atoms with Crippen molar-refractivity contribution in [2.45, 2.75) is 13.5 Å². The van der Waals surface area contributed by atoms with Crippen molar-refractivity contribution >= 4 is 44.8 Å². The van der Waals surface area contributed by atoms with Crippen LogP contribution in [-0.4, -0.2) is 6.61 Å². The minimum absolute atomic E-state index is 0.582. The van der Waals surface area contributed by atoms with Gasteiger partial charge in [0.05, 0.1) is 22.3 Å². The average Bonchev–Trinajstić information content (AvgIpc) is 2.39. The number of rotatable bonds is 5. The second kappa shape index (κ2) is 7.21. The summed E-state index contributed by atoms with van der Waals surface area (Å²) in [7, 11) is 0. The number of halogens is 3. The Balaban J connectivity index is 2.17. The molecule has 2 aromatic rings. The van der Waals surface area contributed by atoms with Crippen LogP contribution in [0, 0.1) is 0 Å². The molecule has 2 rings (SSSR count). The molecule has 1 N–H and O–H groups in total. The van der Waals surface area contributed by atoms with E-state index in [4.69, 9.17) is 27.9 Å². The van der Waals surface area contributed by atoms with Gasteiger partial charge in [0.15, 0.2) is 0 Å². The van der Waals surface area contributed by atoms with E-state index < -0.39 is 0 Å². The van der Waals surface area contributed by atoms with E-state index in [1.807, 2.05) is 43.3 Å². The monoisotopic (exact) mass is 373 g/mol. The first-order valence-electron chi connectivity index (χ1n) is 6.21. The highest BCUT2D eigenvalue weighted by molar-refractivity contribution is 9.10. The molecule has 20 heavy (non-hydrogen) atoms. The Labute approximate surface area is 137 Å². The second-order valence-corrected chi connectivity index (χ2v) is 5.87. The van der Waals surface area contributed by atoms with Crippen LogP contribution in [0.25, 0.3) is 0 Å². The van der Waals surface area contributed by atoms with Crippen molar-refractivity contribution in [1.82, 2.24) is 0 Å². The molecule has 0 aromatic heterocycles. The highest BCUT2D eigenvalue weighted by atomic mass is 79.9. The fraction of sp³-hybridized carbons (Fsp3) is 0.200. The van der Waals surface area contributed by atoms with Gasteiger partial charge in [-0.15, -0.1) is 0 Å². The first-order chi connectivity index (χ1) is 9.61. The molecular formula is C15H14BrCl2NO. The Morgan fingerprint density at radius 1 is 1.15 bits per heavy atom. The van der Waals surface area contributed by atoms with Crippen molar-refractivity contribution in [3.63, 3.8) is 0 Å². The summed E-state index contributed by atoms with van der Waals surface area (Å²) in [6.45, 7) is 3.20. The maximum absolute atomic E-state index is 6.19. The van der Waals surface area contributed by atoms with Crippen LogP contribution in [0.15, 0.2) is 40.9 Å². The lowest BCUT2D eigenvalue weighted by atomic mass is 10.2. The zero-order valence-electron chi connectivity index (χ0n) is 10.9. The molecule has 0 aliphatic heterocycles. The van der Waals surface area contributed by atoms with Gasteiger partial charge in [0.2, 0.25) is 0 Å². The predicted molar refractivity (Wildman–Crippen MR) is 89.1 cm³/mol. The highest BCUT2D eigenvalue weighted by Crippen LogP contribution is 2.34. The smallest absolute Gasteiger partial charge is 0.124 e. The summed E-state index contributed by atoms with van der Waals surface area (Å²) in [6.07, 6.45) is 0. The Morgan fingerprint density at radius 3 is 2.45 bits per heavy atom. The third-order valence-electron chi connectivity index (χ3n) is 2.73. The summed E-state index contributed by atoms with van der Waals surface area (Å²) in [5.74, 6) is 0.867. The molecule has 0 aliphatic carbocycles. The number of nitrogens with one attached hydrogen (secondary N) is 1. The lowest BCUT2D eigenvalue weighted by Crippen LogP contribution is -2.04. The summed E-state index contributed by atoms with van der Waals surface area (Å²) in [6, 6.07) is 11.5. The van der Waals surface area contributed by atoms with E-state index >= 15 is 0 Å². The molecule has 5 heteroatoms. The van der Waals surface area contributed by atoms with Crippen LogP contribution >= 0.6 is 39.1 Å². The molecular weight excluding hydrogens is 361 g/mol. The summed E-state index contributed by atoms with van der Waals surface area (Å²) in [5.41, 5.74) is 1.78. The normalized spacial score (nSPS) is 10.4. The Morgan fingerprint density at radius 2 is 1.80 bits per heavy atom. The molecule has 0 saturated carbocycles. The van der Waals surface area contributed by atoms with Gasteiger partial charge in [-0.25, -0.2) is 0 Å². The molecule has 0 heterocycles. The number of hydrogen-bond acceptors (Lipinski definition) is 2. The lowest BCUT2D eigenvalue weighted by Gasteiger charge is -2.14. The SMILES string of the molecule is CCOc1ccccc1CNc1c(Cl)cc(Br)cc1Cl. The highest BCUT2D eigenvalue weighted by Gasteiger charge is 2.09. The predicted octanol–water partition coefficient (Wildman–Crippen LogP) is 5.77. The van der Waals surface area contributed by atoms with Crippen molar-refractivity contribution in [3.05, 3.63) is 56.5 Å². The van der Waals surface area contributed by atoms with E-state index in [1.165, 1.54) is 0 Å². The Hall–Kier alpha value is -0.900. The minimum atomic E-state index is 0.582. The molecule has 106 valence electrons. The topological polar surface area (TPSA) is 21.3 Å². The number of benzene rings is 2. The van der Waals surface area contributed by atoms with Gasteiger partial charge in [-0.05, 0) is 25.1 Å². The van der Waals surface area contributed by atoms with Gasteiger partial charge in [0.1, 0.15) is 5.75 Å². The first-order valence-corrected chi connectivity index (χ1v) is 7.75. The third kappa shape index (κ3) is 3.81. The van der Waals surface area contributed by atoms with Crippen molar-refractivity contribution in [1.29, 1.82) is 0 Å². The van der Waals surface area contributed by atoms with Gasteiger partial charge < -0.3 is 10.1 Å². The van der Waals surface area contributed by atoms with Gasteiger partial charge >= 0.3 is 0 Å². The molecule has 0 amide bonds. The maximum Gasteiger partial charge on any atom is 0.124 e. The summed E-state index contributed by atoms with van der Waals surface area (Å²) >= 11 is 15.7. The van der Waals surface area contributed by atoms with E-state index in [1.54, 1.807) is 0 Å². The molecule has 2 nitrogen and oxygen atoms in total. The summed E-state index contributed by atoms with van der Waals surface area (Å²) < 4.78 is 6.45. The zero-order valence-corrected chi connectivity index (χ0v) is 14.0. The minimum Gasteiger partial charge on any atom is -0.494 e. The second-order valence-electron chi connectivity index (χ2n) is 4.14. The van der Waals surface area contributed by atoms with E-state index in [0.29, 0.717) is 23.2 Å². The molecule has 0 aliphatic rings. The van der Waals surface area contributed by atoms with Gasteiger partial charge in [0.25, 0.3) is 0 Å². The third-order valence-corrected chi connectivity index (χ3v) is 3.79. The van der Waals surface area contributed by atoms with Crippen LogP contribution in [0.4, 0.5) is 5.69 Å². The van der Waals surface area contributed by atoms with E-state index in [-0.39, 0.29) is 0 Å². The van der Waals surface area contributed by atoms with Crippen molar-refractivity contribution < 1.29 is 4.74 Å². The average molecular weight is 375 g/mol. The van der Waals surface area contributed by atoms with Crippen molar-refractivity contribution in [3.8, 4) is 5.75 Å². The lowest BCUT2D eigenvalue weighted by molar-refractivity contribution is 0.337. The standard InChI is InChI=1S/C15H14BrCl2NO/c1-2-20-14-6-4-3-5-10(14)9-19-15-12(17)7-11(16)8-13(15)18/h3-8,19H,2,9H2,1H3. The van der Waals surface area contributed by atoms with Gasteiger partial charge in [0, 0.05) is 16.6 Å². The van der Waals surface area contributed by atoms with Gasteiger partial charge in [-0.3, -0.25) is 0 Å². The molecule has 0 fully saturated rings. The van der Waals surface area contributed by atoms with Crippen LogP contribution < -0.4 is 10.1 Å². The van der Waals surface area contributed by atoms with Crippen LogP contribution in [0.2, 0.25) is 10.0 Å². The van der Waals surface area contributed by atoms with E-state index in [2.05, 4.69) is 21.2 Å². The van der Waals surface area contributed by atoms with Crippen LogP contribution in [0.1, 0.15) is 12.5 Å². The van der Waals surface area contributed by atoms with Crippen LogP contribution in [-0.2, 0) is 6.54 Å². The fourth-order valence-electron chi connectivity index (χ4n) is 1.84. The molecule has 0 spiro atoms. The molecule has 2 aromatic carbocycles. The molecule has 0 radical (unpaired) electrons. The van der Waals surface area contributed by atoms with Crippen molar-refractivity contribution in [2.75, 3.05) is 11.9 Å². The largest absolute Gasteiger partial charge is 0.494 e. The maximum atomic E-state index is 6.19. The van der Waals surface area contributed by atoms with Crippen molar-refractivity contribution in [2.24, 2.45) is 0 Å². The quantitative estimate of drug-likeness (QED) is 0.717. The number of anilines is 1. The molecule has 0 unspecified atom stereocenters. The Bertz CT molecular complexity index is 581. The van der Waals surface area contributed by atoms with Crippen LogP contribution in [0.3, 0.4) is 0 Å². The zero-order chi connectivity index (χ0) is 14.5. The number of para-hydroxylation sites is 1. The molecule has 0 saturated heterocycles. The Kier molecular flexibility index (Phi) is 5.58. The molecule has 0 atom stereocenters. The number of hydrogen-bond donors (Lipinski definition) is 1. The molecule has 0 bridgehead atoms. The first kappa shape index (κ1) is 15.5. The summed E-state index contributed by atoms with van der Waals surface area (Å²) in [4.78, 5) is 0. The van der Waals surface area contributed by atoms with Crippen LogP contribution in [0.5, 0.6) is 5.75 Å². The van der Waals surface area contributed by atoms with Gasteiger partial charge in [-0.1, -0.05) is 57.3 Å². The fourth-order valence-corrected chi connectivity index (χ4v) is 3.18. The number of ether oxygens (including phenoxy) is 1. The summed E-state index contributed by atoms with van der Waals surface area (Å²) in [5, 5.41) is 4.42.